The van der Waals surface area contributed by atoms with Gasteiger partial charge in [0.1, 0.15) is 5.75 Å². The Bertz CT molecular complexity index is 631. The first-order valence-electron chi connectivity index (χ1n) is 8.21. The number of anilines is 1. The van der Waals surface area contributed by atoms with Crippen LogP contribution >= 0.6 is 0 Å². The fraction of sp³-hybridized carbons (Fsp3) is 0.526. The van der Waals surface area contributed by atoms with E-state index < -0.39 is 0 Å². The molecule has 0 bridgehead atoms. The number of carbonyl (C=O) groups is 1. The van der Waals surface area contributed by atoms with Crippen molar-refractivity contribution in [1.29, 1.82) is 0 Å². The molecule has 0 saturated heterocycles. The van der Waals surface area contributed by atoms with Crippen molar-refractivity contribution in [1.82, 2.24) is 0 Å². The number of hydrogen-bond donors (Lipinski definition) is 0. The molecule has 3 heteroatoms. The summed E-state index contributed by atoms with van der Waals surface area (Å²) in [7, 11) is 0. The molecule has 22 heavy (non-hydrogen) atoms. The Hall–Kier alpha value is -1.77. The van der Waals surface area contributed by atoms with E-state index in [0.29, 0.717) is 5.92 Å². The average molecular weight is 299 g/mol. The van der Waals surface area contributed by atoms with Crippen LogP contribution in [0.4, 0.5) is 5.69 Å². The van der Waals surface area contributed by atoms with Gasteiger partial charge in [0.05, 0.1) is 0 Å². The van der Waals surface area contributed by atoms with Gasteiger partial charge in [0, 0.05) is 30.4 Å². The third-order valence-corrected chi connectivity index (χ3v) is 5.05. The third-order valence-electron chi connectivity index (χ3n) is 5.05. The number of rotatable bonds is 2. The number of ether oxygens (including phenoxy) is 1. The second kappa shape index (κ2) is 5.45. The lowest BCUT2D eigenvalue weighted by Gasteiger charge is -2.45. The van der Waals surface area contributed by atoms with E-state index in [1.165, 1.54) is 29.3 Å². The first-order valence-corrected chi connectivity index (χ1v) is 8.21. The van der Waals surface area contributed by atoms with Crippen LogP contribution in [-0.4, -0.2) is 19.1 Å². The van der Waals surface area contributed by atoms with Gasteiger partial charge >= 0.3 is 5.97 Å². The summed E-state index contributed by atoms with van der Waals surface area (Å²) in [5.74, 6) is 1.00. The standard InChI is InChI=1S/C19H25NO2/c1-5-6-16(21)22-15-8-7-14-13(2)9-11-20-12-10-19(3,4)17(15)18(14)20/h5-8,13H,9-12H2,1-4H3/b6-5-. The number of hydrogen-bond acceptors (Lipinski definition) is 3. The van der Waals surface area contributed by atoms with Crippen molar-refractivity contribution < 1.29 is 9.53 Å². The Morgan fingerprint density at radius 2 is 2.14 bits per heavy atom. The molecule has 3 rings (SSSR count). The summed E-state index contributed by atoms with van der Waals surface area (Å²) in [6, 6.07) is 4.14. The number of esters is 1. The lowest BCUT2D eigenvalue weighted by molar-refractivity contribution is -0.129. The lowest BCUT2D eigenvalue weighted by Crippen LogP contribution is -2.41. The molecule has 3 nitrogen and oxygen atoms in total. The van der Waals surface area contributed by atoms with Crippen molar-refractivity contribution in [2.45, 2.75) is 51.9 Å². The van der Waals surface area contributed by atoms with Crippen LogP contribution in [0.1, 0.15) is 57.6 Å². The van der Waals surface area contributed by atoms with Crippen molar-refractivity contribution in [3.8, 4) is 5.75 Å². The average Bonchev–Trinajstić information content (AvgIpc) is 2.46. The molecule has 0 spiro atoms. The lowest BCUT2D eigenvalue weighted by atomic mass is 9.73. The molecule has 1 aromatic rings. The largest absolute Gasteiger partial charge is 0.423 e. The Kier molecular flexibility index (Phi) is 3.75. The van der Waals surface area contributed by atoms with E-state index in [4.69, 9.17) is 4.74 Å². The molecule has 2 heterocycles. The minimum absolute atomic E-state index is 0.0322. The molecule has 0 aromatic heterocycles. The summed E-state index contributed by atoms with van der Waals surface area (Å²) in [5.41, 5.74) is 3.96. The van der Waals surface area contributed by atoms with Crippen molar-refractivity contribution in [3.05, 3.63) is 35.4 Å². The minimum atomic E-state index is -0.296. The van der Waals surface area contributed by atoms with Gasteiger partial charge in [-0.1, -0.05) is 32.9 Å². The Morgan fingerprint density at radius 1 is 1.36 bits per heavy atom. The number of benzene rings is 1. The summed E-state index contributed by atoms with van der Waals surface area (Å²) >= 11 is 0. The van der Waals surface area contributed by atoms with Gasteiger partial charge in [-0.25, -0.2) is 4.79 Å². The van der Waals surface area contributed by atoms with E-state index in [1.54, 1.807) is 6.08 Å². The van der Waals surface area contributed by atoms with Gasteiger partial charge in [-0.05, 0) is 42.7 Å². The molecular formula is C19H25NO2. The van der Waals surface area contributed by atoms with Gasteiger partial charge in [0.25, 0.3) is 0 Å². The van der Waals surface area contributed by atoms with Crippen LogP contribution in [0.15, 0.2) is 24.3 Å². The Morgan fingerprint density at radius 3 is 2.86 bits per heavy atom. The SMILES string of the molecule is C/C=C\C(=O)Oc1ccc2c3c1C(C)(C)CCN3CCC2C. The Balaban J connectivity index is 2.14. The first kappa shape index (κ1) is 15.1. The van der Waals surface area contributed by atoms with Crippen molar-refractivity contribution in [3.63, 3.8) is 0 Å². The van der Waals surface area contributed by atoms with E-state index in [1.807, 2.05) is 13.0 Å². The van der Waals surface area contributed by atoms with Crippen LogP contribution < -0.4 is 9.64 Å². The second-order valence-electron chi connectivity index (χ2n) is 7.11. The maximum atomic E-state index is 11.9. The summed E-state index contributed by atoms with van der Waals surface area (Å²) in [4.78, 5) is 14.4. The third kappa shape index (κ3) is 2.43. The maximum absolute atomic E-state index is 11.9. The molecule has 0 saturated carbocycles. The minimum Gasteiger partial charge on any atom is -0.423 e. The van der Waals surface area contributed by atoms with Crippen LogP contribution in [0.3, 0.4) is 0 Å². The topological polar surface area (TPSA) is 29.5 Å². The molecule has 2 aliphatic rings. The fourth-order valence-electron chi connectivity index (χ4n) is 3.72. The highest BCUT2D eigenvalue weighted by molar-refractivity contribution is 5.85. The molecule has 0 radical (unpaired) electrons. The molecular weight excluding hydrogens is 274 g/mol. The molecule has 0 fully saturated rings. The number of carbonyl (C=O) groups excluding carboxylic acids is 1. The van der Waals surface area contributed by atoms with Crippen LogP contribution in [0.2, 0.25) is 0 Å². The monoisotopic (exact) mass is 299 g/mol. The summed E-state index contributed by atoms with van der Waals surface area (Å²) < 4.78 is 5.64. The summed E-state index contributed by atoms with van der Waals surface area (Å²) in [5, 5.41) is 0. The van der Waals surface area contributed by atoms with Crippen LogP contribution in [0.25, 0.3) is 0 Å². The predicted molar refractivity (Wildman–Crippen MR) is 89.8 cm³/mol. The van der Waals surface area contributed by atoms with E-state index in [9.17, 15) is 4.79 Å². The second-order valence-corrected chi connectivity index (χ2v) is 7.11. The van der Waals surface area contributed by atoms with Crippen LogP contribution in [0, 0.1) is 0 Å². The van der Waals surface area contributed by atoms with E-state index >= 15 is 0 Å². The Labute approximate surface area is 133 Å². The summed E-state index contributed by atoms with van der Waals surface area (Å²) in [6.07, 6.45) is 5.48. The smallest absolute Gasteiger partial charge is 0.335 e. The van der Waals surface area contributed by atoms with Gasteiger partial charge in [0.2, 0.25) is 0 Å². The van der Waals surface area contributed by atoms with Crippen LogP contribution in [0.5, 0.6) is 5.75 Å². The van der Waals surface area contributed by atoms with Gasteiger partial charge in [-0.2, -0.15) is 0 Å². The number of allylic oxidation sites excluding steroid dienone is 1. The zero-order valence-corrected chi connectivity index (χ0v) is 14.0. The highest BCUT2D eigenvalue weighted by Gasteiger charge is 2.38. The molecule has 2 aliphatic heterocycles. The van der Waals surface area contributed by atoms with Crippen molar-refractivity contribution >= 4 is 11.7 Å². The first-order chi connectivity index (χ1) is 10.4. The maximum Gasteiger partial charge on any atom is 0.335 e. The van der Waals surface area contributed by atoms with Crippen molar-refractivity contribution in [2.75, 3.05) is 18.0 Å². The highest BCUT2D eigenvalue weighted by atomic mass is 16.5. The van der Waals surface area contributed by atoms with Gasteiger partial charge < -0.3 is 9.64 Å². The molecule has 0 amide bonds. The molecule has 118 valence electrons. The van der Waals surface area contributed by atoms with E-state index in [-0.39, 0.29) is 11.4 Å². The fourth-order valence-corrected chi connectivity index (χ4v) is 3.72. The normalized spacial score (nSPS) is 22.5. The number of nitrogens with zero attached hydrogens (tertiary/aromatic N) is 1. The highest BCUT2D eigenvalue weighted by Crippen LogP contribution is 2.50. The zero-order chi connectivity index (χ0) is 15.9. The van der Waals surface area contributed by atoms with Crippen LogP contribution in [-0.2, 0) is 10.2 Å². The predicted octanol–water partition coefficient (Wildman–Crippen LogP) is 4.16. The van der Waals surface area contributed by atoms with Gasteiger partial charge in [-0.15, -0.1) is 0 Å². The summed E-state index contributed by atoms with van der Waals surface area (Å²) in [6.45, 7) is 10.8. The van der Waals surface area contributed by atoms with Crippen molar-refractivity contribution in [2.24, 2.45) is 0 Å². The van der Waals surface area contributed by atoms with Gasteiger partial charge in [-0.3, -0.25) is 0 Å². The molecule has 1 unspecified atom stereocenters. The molecule has 1 atom stereocenters. The van der Waals surface area contributed by atoms with E-state index in [0.717, 1.165) is 25.3 Å². The quantitative estimate of drug-likeness (QED) is 0.466. The zero-order valence-electron chi connectivity index (χ0n) is 14.0. The van der Waals surface area contributed by atoms with Gasteiger partial charge in [0.15, 0.2) is 0 Å². The molecule has 0 N–H and O–H groups in total. The molecule has 1 aromatic carbocycles. The van der Waals surface area contributed by atoms with E-state index in [2.05, 4.69) is 31.7 Å². The molecule has 0 aliphatic carbocycles.